The molecule has 1 saturated heterocycles. The maximum absolute atomic E-state index is 12.4. The van der Waals surface area contributed by atoms with Gasteiger partial charge in [-0.1, -0.05) is 0 Å². The number of halogens is 3. The normalized spacial score (nSPS) is 24.8. The summed E-state index contributed by atoms with van der Waals surface area (Å²) in [6.45, 7) is 0.340. The van der Waals surface area contributed by atoms with E-state index in [1.807, 2.05) is 0 Å². The highest BCUT2D eigenvalue weighted by molar-refractivity contribution is 7.89. The molecule has 0 bridgehead atoms. The van der Waals surface area contributed by atoms with E-state index in [0.717, 1.165) is 0 Å². The van der Waals surface area contributed by atoms with Crippen LogP contribution in [0.5, 0.6) is 0 Å². The fourth-order valence-electron chi connectivity index (χ4n) is 1.66. The average Bonchev–Trinajstić information content (AvgIpc) is 2.63. The van der Waals surface area contributed by atoms with Gasteiger partial charge in [-0.05, 0) is 19.8 Å². The summed E-state index contributed by atoms with van der Waals surface area (Å²) in [5, 5.41) is 6.16. The van der Waals surface area contributed by atoms with Crippen molar-refractivity contribution in [2.45, 2.75) is 37.2 Å². The van der Waals surface area contributed by atoms with Gasteiger partial charge in [0.2, 0.25) is 10.0 Å². The molecule has 9 heteroatoms. The van der Waals surface area contributed by atoms with E-state index in [-0.39, 0.29) is 19.4 Å². The summed E-state index contributed by atoms with van der Waals surface area (Å²) < 4.78 is 60.8. The van der Waals surface area contributed by atoms with Crippen molar-refractivity contribution in [1.82, 2.24) is 4.31 Å². The van der Waals surface area contributed by atoms with Crippen molar-refractivity contribution in [3.05, 3.63) is 0 Å². The fraction of sp³-hybridized carbons (Fsp3) is 0.875. The van der Waals surface area contributed by atoms with E-state index in [1.54, 1.807) is 0 Å². The summed E-state index contributed by atoms with van der Waals surface area (Å²) in [6.07, 6.45) is -4.61. The highest BCUT2D eigenvalue weighted by Crippen LogP contribution is 2.31. The van der Waals surface area contributed by atoms with E-state index in [9.17, 15) is 26.4 Å². The molecule has 2 unspecified atom stereocenters. The quantitative estimate of drug-likeness (QED) is 0.827. The number of alkyl halides is 3. The number of sulfonamides is 1. The van der Waals surface area contributed by atoms with Crippen LogP contribution in [0.25, 0.3) is 0 Å². The first-order valence-electron chi connectivity index (χ1n) is 4.88. The Bertz CT molecular complexity index is 405. The van der Waals surface area contributed by atoms with Gasteiger partial charge in [0.1, 0.15) is 6.04 Å². The highest BCUT2D eigenvalue weighted by Gasteiger charge is 2.51. The Labute approximate surface area is 96.3 Å². The van der Waals surface area contributed by atoms with E-state index < -0.39 is 33.5 Å². The van der Waals surface area contributed by atoms with Gasteiger partial charge in [-0.25, -0.2) is 8.42 Å². The van der Waals surface area contributed by atoms with Gasteiger partial charge in [0, 0.05) is 6.54 Å². The Hall–Kier alpha value is -0.830. The van der Waals surface area contributed by atoms with Crippen LogP contribution in [-0.2, 0) is 14.8 Å². The lowest BCUT2D eigenvalue weighted by molar-refractivity contribution is -0.141. The molecule has 17 heavy (non-hydrogen) atoms. The third kappa shape index (κ3) is 2.71. The standard InChI is InChI=1S/C8H12F3NO4S/c1-5(8(9,10)11)17(15,16)12-4-2-3-6(12)7(13)14/h5-6H,2-4H2,1H3,(H,13,14). The van der Waals surface area contributed by atoms with Crippen LogP contribution in [0.15, 0.2) is 0 Å². The molecule has 0 aromatic heterocycles. The Morgan fingerprint density at radius 3 is 2.41 bits per heavy atom. The number of hydrogen-bond acceptors (Lipinski definition) is 3. The maximum atomic E-state index is 12.4. The first-order chi connectivity index (χ1) is 7.58. The molecule has 5 nitrogen and oxygen atoms in total. The van der Waals surface area contributed by atoms with Crippen LogP contribution in [0.2, 0.25) is 0 Å². The first-order valence-corrected chi connectivity index (χ1v) is 6.39. The van der Waals surface area contributed by atoms with Crippen molar-refractivity contribution < 1.29 is 31.5 Å². The Balaban J connectivity index is 3.02. The zero-order chi connectivity index (χ0) is 13.4. The van der Waals surface area contributed by atoms with Crippen LogP contribution in [-0.4, -0.2) is 47.8 Å². The van der Waals surface area contributed by atoms with Gasteiger partial charge in [0.25, 0.3) is 0 Å². The number of nitrogens with zero attached hydrogens (tertiary/aromatic N) is 1. The molecule has 0 amide bonds. The number of aliphatic carboxylic acids is 1. The number of rotatable bonds is 3. The topological polar surface area (TPSA) is 74.7 Å². The second-order valence-electron chi connectivity index (χ2n) is 3.84. The molecular formula is C8H12F3NO4S. The molecule has 2 atom stereocenters. The van der Waals surface area contributed by atoms with Crippen molar-refractivity contribution in [3.63, 3.8) is 0 Å². The lowest BCUT2D eigenvalue weighted by Crippen LogP contribution is -2.48. The molecule has 0 spiro atoms. The molecule has 0 radical (unpaired) electrons. The minimum Gasteiger partial charge on any atom is -0.480 e. The van der Waals surface area contributed by atoms with Gasteiger partial charge in [-0.3, -0.25) is 4.79 Å². The molecule has 1 fully saturated rings. The Kier molecular flexibility index (Phi) is 3.72. The molecule has 1 heterocycles. The minimum atomic E-state index is -4.90. The minimum absolute atomic E-state index is 0.0408. The molecule has 1 rings (SSSR count). The van der Waals surface area contributed by atoms with Crippen LogP contribution < -0.4 is 0 Å². The number of carboxylic acid groups (broad SMARTS) is 1. The Morgan fingerprint density at radius 1 is 1.47 bits per heavy atom. The van der Waals surface area contributed by atoms with Gasteiger partial charge in [-0.15, -0.1) is 0 Å². The average molecular weight is 275 g/mol. The van der Waals surface area contributed by atoms with Crippen molar-refractivity contribution in [2.75, 3.05) is 6.54 Å². The Morgan fingerprint density at radius 2 is 2.00 bits per heavy atom. The summed E-state index contributed by atoms with van der Waals surface area (Å²) in [6, 6.07) is -1.38. The van der Waals surface area contributed by atoms with Gasteiger partial charge in [0.15, 0.2) is 5.25 Å². The van der Waals surface area contributed by atoms with Gasteiger partial charge >= 0.3 is 12.1 Å². The van der Waals surface area contributed by atoms with Crippen LogP contribution in [0, 0.1) is 0 Å². The molecular weight excluding hydrogens is 263 g/mol. The van der Waals surface area contributed by atoms with E-state index in [1.165, 1.54) is 0 Å². The van der Waals surface area contributed by atoms with Crippen molar-refractivity contribution in [3.8, 4) is 0 Å². The highest BCUT2D eigenvalue weighted by atomic mass is 32.2. The molecule has 1 N–H and O–H groups in total. The van der Waals surface area contributed by atoms with Crippen LogP contribution in [0.4, 0.5) is 13.2 Å². The van der Waals surface area contributed by atoms with Gasteiger partial charge in [-0.2, -0.15) is 17.5 Å². The zero-order valence-electron chi connectivity index (χ0n) is 8.94. The van der Waals surface area contributed by atoms with Crippen molar-refractivity contribution in [2.24, 2.45) is 0 Å². The molecule has 0 aromatic carbocycles. The van der Waals surface area contributed by atoms with Gasteiger partial charge in [0.05, 0.1) is 0 Å². The van der Waals surface area contributed by atoms with E-state index in [2.05, 4.69) is 0 Å². The maximum Gasteiger partial charge on any atom is 0.406 e. The van der Waals surface area contributed by atoms with E-state index in [4.69, 9.17) is 5.11 Å². The SMILES string of the molecule is CC(C(F)(F)F)S(=O)(=O)N1CCCC1C(=O)O. The summed E-state index contributed by atoms with van der Waals surface area (Å²) in [5.74, 6) is -1.42. The monoisotopic (exact) mass is 275 g/mol. The predicted octanol–water partition coefficient (Wildman–Crippen LogP) is 0.816. The first kappa shape index (κ1) is 14.2. The lowest BCUT2D eigenvalue weighted by atomic mass is 10.2. The summed E-state index contributed by atoms with van der Waals surface area (Å²) in [7, 11) is -4.66. The molecule has 100 valence electrons. The van der Waals surface area contributed by atoms with Crippen LogP contribution >= 0.6 is 0 Å². The second-order valence-corrected chi connectivity index (χ2v) is 6.04. The van der Waals surface area contributed by atoms with Crippen molar-refractivity contribution in [1.29, 1.82) is 0 Å². The third-order valence-electron chi connectivity index (χ3n) is 2.72. The van der Waals surface area contributed by atoms with Gasteiger partial charge < -0.3 is 5.11 Å². The lowest BCUT2D eigenvalue weighted by Gasteiger charge is -2.25. The second kappa shape index (κ2) is 4.45. The van der Waals surface area contributed by atoms with Crippen LogP contribution in [0.1, 0.15) is 19.8 Å². The third-order valence-corrected chi connectivity index (χ3v) is 4.97. The van der Waals surface area contributed by atoms with Crippen LogP contribution in [0.3, 0.4) is 0 Å². The van der Waals surface area contributed by atoms with E-state index in [0.29, 0.717) is 11.2 Å². The van der Waals surface area contributed by atoms with E-state index >= 15 is 0 Å². The molecule has 1 aliphatic heterocycles. The number of carbonyl (C=O) groups is 1. The number of carboxylic acids is 1. The smallest absolute Gasteiger partial charge is 0.406 e. The summed E-state index contributed by atoms with van der Waals surface area (Å²) in [5.41, 5.74) is 0. The summed E-state index contributed by atoms with van der Waals surface area (Å²) in [4.78, 5) is 10.7. The molecule has 1 aliphatic rings. The number of hydrogen-bond donors (Lipinski definition) is 1. The summed E-state index contributed by atoms with van der Waals surface area (Å²) >= 11 is 0. The zero-order valence-corrected chi connectivity index (χ0v) is 9.75. The molecule has 0 saturated carbocycles. The molecule has 0 aromatic rings. The predicted molar refractivity (Wildman–Crippen MR) is 51.8 cm³/mol. The van der Waals surface area contributed by atoms with Crippen molar-refractivity contribution >= 4 is 16.0 Å². The fourth-order valence-corrected chi connectivity index (χ4v) is 3.34. The molecule has 0 aliphatic carbocycles. The largest absolute Gasteiger partial charge is 0.480 e.